The molecule has 0 heterocycles. The van der Waals surface area contributed by atoms with Crippen LogP contribution in [0, 0.1) is 0 Å². The van der Waals surface area contributed by atoms with E-state index in [1.165, 1.54) is 0 Å². The van der Waals surface area contributed by atoms with Gasteiger partial charge in [-0.15, -0.1) is 0 Å². The van der Waals surface area contributed by atoms with Gasteiger partial charge in [0.2, 0.25) is 0 Å². The molecule has 5 heteroatoms. The molecule has 0 saturated heterocycles. The van der Waals surface area contributed by atoms with Crippen molar-refractivity contribution in [3.05, 3.63) is 28.2 Å². The molecule has 1 rings (SSSR count). The van der Waals surface area contributed by atoms with Gasteiger partial charge in [-0.2, -0.15) is 0 Å². The largest absolute Gasteiger partial charge is 0.482 e. The summed E-state index contributed by atoms with van der Waals surface area (Å²) in [6.45, 7) is 6.09. The number of hydrogen-bond donors (Lipinski definition) is 2. The highest BCUT2D eigenvalue weighted by atomic mass is 79.9. The van der Waals surface area contributed by atoms with Crippen molar-refractivity contribution in [1.29, 1.82) is 0 Å². The Labute approximate surface area is 135 Å². The first-order valence-corrected chi connectivity index (χ1v) is 8.22. The molecule has 0 radical (unpaired) electrons. The van der Waals surface area contributed by atoms with Crippen LogP contribution in [0.3, 0.4) is 0 Å². The zero-order valence-electron chi connectivity index (χ0n) is 13.0. The number of benzene rings is 1. The lowest BCUT2D eigenvalue weighted by molar-refractivity contribution is -0.123. The summed E-state index contributed by atoms with van der Waals surface area (Å²) >= 11 is 3.47. The molecule has 1 aromatic carbocycles. The predicted molar refractivity (Wildman–Crippen MR) is 89.5 cm³/mol. The van der Waals surface area contributed by atoms with Gasteiger partial charge in [-0.05, 0) is 53.7 Å². The average Bonchev–Trinajstić information content (AvgIpc) is 2.43. The highest BCUT2D eigenvalue weighted by molar-refractivity contribution is 9.10. The molecule has 0 aliphatic rings. The van der Waals surface area contributed by atoms with Gasteiger partial charge < -0.3 is 15.8 Å². The van der Waals surface area contributed by atoms with Gasteiger partial charge in [-0.3, -0.25) is 4.79 Å². The topological polar surface area (TPSA) is 64.3 Å². The molecule has 4 nitrogen and oxygen atoms in total. The Hall–Kier alpha value is -1.07. The fourth-order valence-corrected chi connectivity index (χ4v) is 2.64. The van der Waals surface area contributed by atoms with E-state index >= 15 is 0 Å². The molecule has 0 bridgehead atoms. The minimum absolute atomic E-state index is 0.0189. The van der Waals surface area contributed by atoms with Crippen LogP contribution in [0.25, 0.3) is 0 Å². The number of ether oxygens (including phenoxy) is 1. The van der Waals surface area contributed by atoms with Crippen molar-refractivity contribution >= 4 is 21.8 Å². The SMILES string of the molecule is CCC(CC)NC(=O)COc1c(Br)cccc1CC(C)N. The average molecular weight is 357 g/mol. The summed E-state index contributed by atoms with van der Waals surface area (Å²) in [6.07, 6.45) is 2.56. The number of nitrogens with two attached hydrogens (primary N) is 1. The number of halogens is 1. The van der Waals surface area contributed by atoms with E-state index in [0.717, 1.165) is 22.9 Å². The molecule has 0 fully saturated rings. The van der Waals surface area contributed by atoms with Gasteiger partial charge in [0.1, 0.15) is 5.75 Å². The Morgan fingerprint density at radius 2 is 2.05 bits per heavy atom. The fraction of sp³-hybridized carbons (Fsp3) is 0.562. The zero-order valence-corrected chi connectivity index (χ0v) is 14.6. The maximum atomic E-state index is 11.9. The first-order valence-electron chi connectivity index (χ1n) is 7.43. The summed E-state index contributed by atoms with van der Waals surface area (Å²) in [5, 5.41) is 2.96. The number of nitrogens with one attached hydrogen (secondary N) is 1. The second-order valence-electron chi connectivity index (χ2n) is 5.28. The summed E-state index contributed by atoms with van der Waals surface area (Å²) in [7, 11) is 0. The lowest BCUT2D eigenvalue weighted by Gasteiger charge is -2.17. The molecule has 1 unspecified atom stereocenters. The number of carbonyl (C=O) groups excluding carboxylic acids is 1. The number of para-hydroxylation sites is 1. The van der Waals surface area contributed by atoms with Crippen molar-refractivity contribution in [2.75, 3.05) is 6.61 Å². The number of hydrogen-bond acceptors (Lipinski definition) is 3. The van der Waals surface area contributed by atoms with Crippen LogP contribution in [-0.2, 0) is 11.2 Å². The summed E-state index contributed by atoms with van der Waals surface area (Å²) in [5.41, 5.74) is 6.86. The van der Waals surface area contributed by atoms with Gasteiger partial charge >= 0.3 is 0 Å². The molecular weight excluding hydrogens is 332 g/mol. The summed E-state index contributed by atoms with van der Waals surface area (Å²) in [5.74, 6) is 0.612. The summed E-state index contributed by atoms with van der Waals surface area (Å²) in [4.78, 5) is 11.9. The zero-order chi connectivity index (χ0) is 15.8. The lowest BCUT2D eigenvalue weighted by Crippen LogP contribution is -2.37. The molecule has 3 N–H and O–H groups in total. The van der Waals surface area contributed by atoms with Crippen LogP contribution >= 0.6 is 15.9 Å². The quantitative estimate of drug-likeness (QED) is 0.752. The van der Waals surface area contributed by atoms with Gasteiger partial charge in [0.05, 0.1) is 4.47 Å². The van der Waals surface area contributed by atoms with Crippen LogP contribution in [0.15, 0.2) is 22.7 Å². The highest BCUT2D eigenvalue weighted by Crippen LogP contribution is 2.29. The molecule has 21 heavy (non-hydrogen) atoms. The fourth-order valence-electron chi connectivity index (χ4n) is 2.12. The Kier molecular flexibility index (Phi) is 7.75. The third-order valence-corrected chi connectivity index (χ3v) is 3.91. The molecule has 1 amide bonds. The molecule has 0 aliphatic heterocycles. The van der Waals surface area contributed by atoms with Crippen molar-refractivity contribution in [2.24, 2.45) is 5.73 Å². The lowest BCUT2D eigenvalue weighted by atomic mass is 10.1. The van der Waals surface area contributed by atoms with Crippen LogP contribution in [0.2, 0.25) is 0 Å². The molecule has 1 aromatic rings. The summed E-state index contributed by atoms with van der Waals surface area (Å²) in [6, 6.07) is 6.07. The van der Waals surface area contributed by atoms with Gasteiger partial charge in [-0.25, -0.2) is 0 Å². The van der Waals surface area contributed by atoms with Gasteiger partial charge in [0.25, 0.3) is 5.91 Å². The van der Waals surface area contributed by atoms with E-state index < -0.39 is 0 Å². The minimum Gasteiger partial charge on any atom is -0.482 e. The van der Waals surface area contributed by atoms with E-state index in [4.69, 9.17) is 10.5 Å². The molecule has 0 saturated carbocycles. The Bertz CT molecular complexity index is 460. The second-order valence-corrected chi connectivity index (χ2v) is 6.13. The van der Waals surface area contributed by atoms with E-state index in [1.54, 1.807) is 0 Å². The van der Waals surface area contributed by atoms with E-state index in [2.05, 4.69) is 35.1 Å². The molecule has 1 atom stereocenters. The van der Waals surface area contributed by atoms with E-state index in [9.17, 15) is 4.79 Å². The van der Waals surface area contributed by atoms with Crippen LogP contribution in [0.1, 0.15) is 39.2 Å². The smallest absolute Gasteiger partial charge is 0.258 e. The van der Waals surface area contributed by atoms with Crippen LogP contribution in [0.5, 0.6) is 5.75 Å². The maximum Gasteiger partial charge on any atom is 0.258 e. The highest BCUT2D eigenvalue weighted by Gasteiger charge is 2.13. The molecule has 0 aromatic heterocycles. The minimum atomic E-state index is -0.0915. The van der Waals surface area contributed by atoms with Crippen LogP contribution in [0.4, 0.5) is 0 Å². The van der Waals surface area contributed by atoms with Crippen LogP contribution < -0.4 is 15.8 Å². The van der Waals surface area contributed by atoms with Crippen molar-refractivity contribution in [2.45, 2.75) is 52.1 Å². The normalized spacial score (nSPS) is 12.3. The number of carbonyl (C=O) groups is 1. The Morgan fingerprint density at radius 1 is 1.38 bits per heavy atom. The summed E-state index contributed by atoms with van der Waals surface area (Å²) < 4.78 is 6.55. The van der Waals surface area contributed by atoms with Crippen molar-refractivity contribution in [3.8, 4) is 5.75 Å². The van der Waals surface area contributed by atoms with Gasteiger partial charge in [-0.1, -0.05) is 26.0 Å². The first kappa shape index (κ1) is 18.0. The second kappa shape index (κ2) is 9.05. The number of amides is 1. The Balaban J connectivity index is 2.68. The van der Waals surface area contributed by atoms with Crippen molar-refractivity contribution in [1.82, 2.24) is 5.32 Å². The van der Waals surface area contributed by atoms with E-state index in [0.29, 0.717) is 12.2 Å². The number of rotatable bonds is 8. The monoisotopic (exact) mass is 356 g/mol. The molecule has 0 spiro atoms. The third-order valence-electron chi connectivity index (χ3n) is 3.29. The molecule has 0 aliphatic carbocycles. The van der Waals surface area contributed by atoms with Crippen molar-refractivity contribution in [3.63, 3.8) is 0 Å². The van der Waals surface area contributed by atoms with Crippen molar-refractivity contribution < 1.29 is 9.53 Å². The molecule has 118 valence electrons. The van der Waals surface area contributed by atoms with Gasteiger partial charge in [0, 0.05) is 12.1 Å². The van der Waals surface area contributed by atoms with Crippen LogP contribution in [-0.4, -0.2) is 24.6 Å². The first-order chi connectivity index (χ1) is 9.97. The predicted octanol–water partition coefficient (Wildman–Crippen LogP) is 3.02. The third kappa shape index (κ3) is 6.06. The maximum absolute atomic E-state index is 11.9. The Morgan fingerprint density at radius 3 is 2.62 bits per heavy atom. The molecular formula is C16H25BrN2O2. The van der Waals surface area contributed by atoms with Gasteiger partial charge in [0.15, 0.2) is 6.61 Å². The van der Waals surface area contributed by atoms with E-state index in [1.807, 2.05) is 25.1 Å². The van der Waals surface area contributed by atoms with E-state index in [-0.39, 0.29) is 24.6 Å². The standard InChI is InChI=1S/C16H25BrN2O2/c1-4-13(5-2)19-15(20)10-21-16-12(9-11(3)18)7-6-8-14(16)17/h6-8,11,13H,4-5,9-10,18H2,1-3H3,(H,19,20).